The highest BCUT2D eigenvalue weighted by Gasteiger charge is 2.38. The van der Waals surface area contributed by atoms with Crippen LogP contribution in [0.1, 0.15) is 25.0 Å². The second-order valence-electron chi connectivity index (χ2n) is 8.50. The van der Waals surface area contributed by atoms with Crippen molar-refractivity contribution in [2.45, 2.75) is 19.3 Å². The summed E-state index contributed by atoms with van der Waals surface area (Å²) in [5.74, 6) is 0. The summed E-state index contributed by atoms with van der Waals surface area (Å²) in [4.78, 5) is 5.13. The van der Waals surface area contributed by atoms with E-state index in [1.165, 1.54) is 38.6 Å². The molecule has 30 heavy (non-hydrogen) atoms. The van der Waals surface area contributed by atoms with Gasteiger partial charge in [0.1, 0.15) is 0 Å². The minimum atomic E-state index is -0.197. The Morgan fingerprint density at radius 2 is 1.33 bits per heavy atom. The molecule has 1 aliphatic heterocycles. The molecule has 4 aromatic carbocycles. The van der Waals surface area contributed by atoms with Crippen LogP contribution in [-0.2, 0) is 5.41 Å². The molecule has 0 N–H and O–H groups in total. The Kier molecular flexibility index (Phi) is 3.54. The molecule has 0 atom stereocenters. The number of fused-ring (bicyclic) bond motifs is 5. The lowest BCUT2D eigenvalue weighted by Gasteiger charge is -2.24. The van der Waals surface area contributed by atoms with Gasteiger partial charge in [-0.2, -0.15) is 0 Å². The summed E-state index contributed by atoms with van der Waals surface area (Å²) in [6, 6.07) is 34.4. The third kappa shape index (κ3) is 2.28. The smallest absolute Gasteiger partial charge is 0.0696 e. The second-order valence-corrected chi connectivity index (χ2v) is 8.50. The average Bonchev–Trinajstić information content (AvgIpc) is 3.26. The van der Waals surface area contributed by atoms with Gasteiger partial charge in [-0.1, -0.05) is 72.8 Å². The molecule has 5 aromatic rings. The Labute approximate surface area is 176 Å². The summed E-state index contributed by atoms with van der Waals surface area (Å²) < 4.78 is 2.41. The minimum Gasteiger partial charge on any atom is -0.309 e. The molecule has 1 aromatic heterocycles. The molecule has 0 aliphatic carbocycles. The number of hydrogen-bond acceptors (Lipinski definition) is 1. The van der Waals surface area contributed by atoms with Crippen molar-refractivity contribution in [3.63, 3.8) is 0 Å². The summed E-state index contributed by atoms with van der Waals surface area (Å²) in [5, 5.41) is 2.56. The molecule has 0 fully saturated rings. The molecule has 2 nitrogen and oxygen atoms in total. The molecule has 0 amide bonds. The zero-order valence-electron chi connectivity index (χ0n) is 17.1. The van der Waals surface area contributed by atoms with Crippen molar-refractivity contribution in [1.82, 2.24) is 4.57 Å². The number of aromatic nitrogens is 1. The van der Waals surface area contributed by atoms with Crippen molar-refractivity contribution < 1.29 is 0 Å². The molecule has 0 radical (unpaired) electrons. The Balaban J connectivity index is 1.73. The molecule has 6 rings (SSSR count). The quantitative estimate of drug-likeness (QED) is 0.305. The molecular weight excluding hydrogens is 364 g/mol. The molecule has 1 aliphatic rings. The van der Waals surface area contributed by atoms with Crippen molar-refractivity contribution in [3.05, 3.63) is 108 Å². The highest BCUT2D eigenvalue weighted by atomic mass is 15.0. The van der Waals surface area contributed by atoms with E-state index in [4.69, 9.17) is 4.99 Å². The van der Waals surface area contributed by atoms with Gasteiger partial charge in [-0.15, -0.1) is 0 Å². The molecule has 0 unspecified atom stereocenters. The van der Waals surface area contributed by atoms with Gasteiger partial charge >= 0.3 is 0 Å². The molecule has 0 saturated heterocycles. The fraction of sp³-hybridized carbons (Fsp3) is 0.107. The highest BCUT2D eigenvalue weighted by molar-refractivity contribution is 6.18. The molecule has 0 saturated carbocycles. The lowest BCUT2D eigenvalue weighted by atomic mass is 9.78. The Bertz CT molecular complexity index is 1440. The molecular formula is C28H22N2. The summed E-state index contributed by atoms with van der Waals surface area (Å²) in [6.45, 7) is 4.61. The van der Waals surface area contributed by atoms with E-state index < -0.39 is 0 Å². The third-order valence-corrected chi connectivity index (χ3v) is 6.33. The van der Waals surface area contributed by atoms with Crippen LogP contribution in [0.2, 0.25) is 0 Å². The van der Waals surface area contributed by atoms with E-state index in [9.17, 15) is 0 Å². The van der Waals surface area contributed by atoms with Crippen LogP contribution < -0.4 is 0 Å². The van der Waals surface area contributed by atoms with Crippen LogP contribution in [0.15, 0.2) is 102 Å². The second kappa shape index (κ2) is 6.17. The van der Waals surface area contributed by atoms with Crippen LogP contribution in [-0.4, -0.2) is 10.3 Å². The van der Waals surface area contributed by atoms with Gasteiger partial charge in [-0.3, -0.25) is 4.99 Å². The van der Waals surface area contributed by atoms with E-state index >= 15 is 0 Å². The molecule has 2 heteroatoms. The number of rotatable bonds is 2. The van der Waals surface area contributed by atoms with Gasteiger partial charge < -0.3 is 4.57 Å². The van der Waals surface area contributed by atoms with Crippen LogP contribution in [0.5, 0.6) is 0 Å². The van der Waals surface area contributed by atoms with Crippen LogP contribution in [0.25, 0.3) is 27.5 Å². The van der Waals surface area contributed by atoms with E-state index in [2.05, 4.69) is 115 Å². The fourth-order valence-electron chi connectivity index (χ4n) is 5.00. The largest absolute Gasteiger partial charge is 0.309 e. The molecule has 144 valence electrons. The van der Waals surface area contributed by atoms with Gasteiger partial charge in [-0.05, 0) is 43.7 Å². The van der Waals surface area contributed by atoms with Crippen LogP contribution in [0.3, 0.4) is 0 Å². The lowest BCUT2D eigenvalue weighted by Crippen LogP contribution is -2.27. The predicted octanol–water partition coefficient (Wildman–Crippen LogP) is 7.20. The van der Waals surface area contributed by atoms with Gasteiger partial charge in [0.15, 0.2) is 0 Å². The SMILES string of the molecule is CC1(C)C(c2ccccc2)=Nc2ccc3c4ccccc4n(-c4ccccc4)c3c21. The first-order chi connectivity index (χ1) is 14.7. The summed E-state index contributed by atoms with van der Waals surface area (Å²) in [6.07, 6.45) is 0. The third-order valence-electron chi connectivity index (χ3n) is 6.33. The van der Waals surface area contributed by atoms with Gasteiger partial charge in [0.25, 0.3) is 0 Å². The fourth-order valence-corrected chi connectivity index (χ4v) is 5.00. The van der Waals surface area contributed by atoms with Crippen molar-refractivity contribution in [1.29, 1.82) is 0 Å². The van der Waals surface area contributed by atoms with Gasteiger partial charge in [0, 0.05) is 27.4 Å². The van der Waals surface area contributed by atoms with E-state index in [1.54, 1.807) is 0 Å². The summed E-state index contributed by atoms with van der Waals surface area (Å²) >= 11 is 0. The van der Waals surface area contributed by atoms with Gasteiger partial charge in [0.2, 0.25) is 0 Å². The minimum absolute atomic E-state index is 0.197. The Morgan fingerprint density at radius 3 is 2.10 bits per heavy atom. The van der Waals surface area contributed by atoms with Crippen molar-refractivity contribution in [3.8, 4) is 5.69 Å². The van der Waals surface area contributed by atoms with Gasteiger partial charge in [-0.25, -0.2) is 0 Å². The number of benzene rings is 4. The summed E-state index contributed by atoms with van der Waals surface area (Å²) in [5.41, 5.74) is 8.18. The topological polar surface area (TPSA) is 17.3 Å². The van der Waals surface area contributed by atoms with Crippen LogP contribution >= 0.6 is 0 Å². The van der Waals surface area contributed by atoms with Crippen molar-refractivity contribution in [2.24, 2.45) is 4.99 Å². The maximum Gasteiger partial charge on any atom is 0.0696 e. The monoisotopic (exact) mass is 386 g/mol. The van der Waals surface area contributed by atoms with E-state index in [0.29, 0.717) is 0 Å². The number of hydrogen-bond donors (Lipinski definition) is 0. The zero-order valence-corrected chi connectivity index (χ0v) is 17.1. The summed E-state index contributed by atoms with van der Waals surface area (Å²) in [7, 11) is 0. The Hall–Kier alpha value is -3.65. The van der Waals surface area contributed by atoms with E-state index in [1.807, 2.05) is 0 Å². The first kappa shape index (κ1) is 17.2. The van der Waals surface area contributed by atoms with E-state index in [0.717, 1.165) is 11.4 Å². The standard InChI is InChI=1S/C28H22N2/c1-28(2)25-23(29-27(28)19-11-5-3-6-12-19)18-17-22-21-15-9-10-16-24(21)30(26(22)25)20-13-7-4-8-14-20/h3-18H,1-2H3. The number of para-hydroxylation sites is 2. The maximum absolute atomic E-state index is 5.13. The van der Waals surface area contributed by atoms with Crippen LogP contribution in [0.4, 0.5) is 5.69 Å². The number of nitrogens with zero attached hydrogens (tertiary/aromatic N) is 2. The van der Waals surface area contributed by atoms with Crippen molar-refractivity contribution >= 4 is 33.2 Å². The zero-order chi connectivity index (χ0) is 20.3. The van der Waals surface area contributed by atoms with E-state index in [-0.39, 0.29) is 5.41 Å². The Morgan fingerprint density at radius 1 is 0.667 bits per heavy atom. The normalized spacial score (nSPS) is 14.8. The van der Waals surface area contributed by atoms with Crippen molar-refractivity contribution in [2.75, 3.05) is 0 Å². The number of aliphatic imine (C=N–C) groups is 1. The van der Waals surface area contributed by atoms with Gasteiger partial charge in [0.05, 0.1) is 22.4 Å². The maximum atomic E-state index is 5.13. The van der Waals surface area contributed by atoms with Crippen LogP contribution in [0, 0.1) is 0 Å². The average molecular weight is 386 g/mol. The molecule has 0 spiro atoms. The highest BCUT2D eigenvalue weighted by Crippen LogP contribution is 2.48. The lowest BCUT2D eigenvalue weighted by molar-refractivity contribution is 0.741. The molecule has 2 heterocycles. The predicted molar refractivity (Wildman–Crippen MR) is 126 cm³/mol. The molecule has 0 bridgehead atoms. The first-order valence-corrected chi connectivity index (χ1v) is 10.4. The first-order valence-electron chi connectivity index (χ1n) is 10.4.